The number of rotatable bonds is 8. The Hall–Kier alpha value is -4.88. The minimum absolute atomic E-state index is 0.0616. The lowest BCUT2D eigenvalue weighted by molar-refractivity contribution is -0.384. The number of nitro benzene ring substituents is 2. The molecule has 2 saturated heterocycles. The average Bonchev–Trinajstić information content (AvgIpc) is 2.97. The van der Waals surface area contributed by atoms with Crippen LogP contribution in [-0.2, 0) is 9.59 Å². The molecule has 40 heavy (non-hydrogen) atoms. The second-order valence-corrected chi connectivity index (χ2v) is 9.50. The van der Waals surface area contributed by atoms with Crippen molar-refractivity contribution in [2.24, 2.45) is 10.2 Å². The van der Waals surface area contributed by atoms with Gasteiger partial charge in [-0.1, -0.05) is 12.1 Å². The summed E-state index contributed by atoms with van der Waals surface area (Å²) in [5.74, 6) is -2.22. The number of hydrogen-bond donors (Lipinski definition) is 2. The third-order valence-electron chi connectivity index (χ3n) is 6.75. The summed E-state index contributed by atoms with van der Waals surface area (Å²) in [7, 11) is 0. The summed E-state index contributed by atoms with van der Waals surface area (Å²) in [4.78, 5) is 50.3. The summed E-state index contributed by atoms with van der Waals surface area (Å²) in [5.41, 5.74) is 5.79. The number of nitrogens with one attached hydrogen (secondary N) is 2. The molecule has 2 N–H and O–H groups in total. The molecule has 0 aromatic heterocycles. The fourth-order valence-electron chi connectivity index (χ4n) is 4.77. The zero-order valence-electron chi connectivity index (χ0n) is 21.8. The van der Waals surface area contributed by atoms with Crippen LogP contribution in [0.2, 0.25) is 0 Å². The van der Waals surface area contributed by atoms with Crippen molar-refractivity contribution >= 4 is 47.0 Å². The van der Waals surface area contributed by atoms with E-state index in [2.05, 4.69) is 10.2 Å². The molecule has 14 nitrogen and oxygen atoms in total. The number of nitrogens with zero attached hydrogens (tertiary/aromatic N) is 6. The van der Waals surface area contributed by atoms with Crippen LogP contribution in [-0.4, -0.2) is 60.3 Å². The highest BCUT2D eigenvalue weighted by molar-refractivity contribution is 6.35. The Morgan fingerprint density at radius 3 is 1.40 bits per heavy atom. The number of benzene rings is 2. The first kappa shape index (κ1) is 28.1. The fraction of sp³-hybridized carbons (Fsp3) is 0.385. The van der Waals surface area contributed by atoms with Crippen molar-refractivity contribution in [1.29, 1.82) is 0 Å². The van der Waals surface area contributed by atoms with Gasteiger partial charge >= 0.3 is 11.8 Å². The Balaban J connectivity index is 1.33. The highest BCUT2D eigenvalue weighted by Crippen LogP contribution is 2.32. The van der Waals surface area contributed by atoms with Gasteiger partial charge in [0.2, 0.25) is 0 Å². The van der Waals surface area contributed by atoms with Crippen LogP contribution in [0.1, 0.15) is 49.7 Å². The smallest absolute Gasteiger partial charge is 0.331 e. The molecule has 0 aliphatic carbocycles. The Labute approximate surface area is 230 Å². The molecule has 2 aliphatic heterocycles. The van der Waals surface area contributed by atoms with E-state index in [1.165, 1.54) is 24.6 Å². The van der Waals surface area contributed by atoms with E-state index in [9.17, 15) is 29.8 Å². The second-order valence-electron chi connectivity index (χ2n) is 9.50. The summed E-state index contributed by atoms with van der Waals surface area (Å²) in [5, 5.41) is 30.6. The van der Waals surface area contributed by atoms with Crippen LogP contribution in [0.5, 0.6) is 0 Å². The first-order chi connectivity index (χ1) is 19.3. The van der Waals surface area contributed by atoms with E-state index < -0.39 is 21.7 Å². The zero-order valence-corrected chi connectivity index (χ0v) is 21.8. The van der Waals surface area contributed by atoms with Gasteiger partial charge in [-0.15, -0.1) is 0 Å². The van der Waals surface area contributed by atoms with Gasteiger partial charge in [-0.2, -0.15) is 10.2 Å². The van der Waals surface area contributed by atoms with Crippen molar-refractivity contribution in [1.82, 2.24) is 10.9 Å². The first-order valence-electron chi connectivity index (χ1n) is 13.1. The number of hydrogen-bond acceptors (Lipinski definition) is 10. The lowest BCUT2D eigenvalue weighted by Gasteiger charge is -2.28. The molecule has 2 aliphatic rings. The van der Waals surface area contributed by atoms with Crippen molar-refractivity contribution in [3.8, 4) is 0 Å². The van der Waals surface area contributed by atoms with Crippen LogP contribution in [0.25, 0.3) is 0 Å². The number of carbonyl (C=O) groups is 2. The maximum Gasteiger partial charge on any atom is 0.331 e. The number of anilines is 2. The van der Waals surface area contributed by atoms with Crippen molar-refractivity contribution in [3.05, 3.63) is 67.8 Å². The molecule has 0 atom stereocenters. The lowest BCUT2D eigenvalue weighted by atomic mass is 10.1. The number of hydrazone groups is 2. The summed E-state index contributed by atoms with van der Waals surface area (Å²) < 4.78 is 0. The predicted molar refractivity (Wildman–Crippen MR) is 150 cm³/mol. The first-order valence-corrected chi connectivity index (χ1v) is 13.1. The molecule has 4 rings (SSSR count). The monoisotopic (exact) mass is 550 g/mol. The van der Waals surface area contributed by atoms with E-state index >= 15 is 0 Å². The molecule has 0 spiro atoms. The number of amides is 2. The largest absolute Gasteiger partial charge is 0.366 e. The standard InChI is InChI=1S/C26H30N8O6/c35-25(29-27-17-19-7-9-21(23(15-19)33(37)38)31-11-3-1-4-12-31)26(36)30-28-18-20-8-10-22(24(16-20)34(39)40)32-13-5-2-6-14-32/h7-10,15-18H,1-6,11-14H2,(H,29,35)(H,30,36)/b27-17+,28-18?. The third kappa shape index (κ3) is 7.15. The van der Waals surface area contributed by atoms with Gasteiger partial charge in [-0.25, -0.2) is 10.9 Å². The Bertz CT molecular complexity index is 1230. The summed E-state index contributed by atoms with van der Waals surface area (Å²) in [6.45, 7) is 3.01. The summed E-state index contributed by atoms with van der Waals surface area (Å²) in [6, 6.07) is 9.31. The van der Waals surface area contributed by atoms with Gasteiger partial charge in [0, 0.05) is 49.4 Å². The predicted octanol–water partition coefficient (Wildman–Crippen LogP) is 3.08. The van der Waals surface area contributed by atoms with Gasteiger partial charge in [-0.3, -0.25) is 29.8 Å². The molecule has 0 bridgehead atoms. The van der Waals surface area contributed by atoms with E-state index in [0.29, 0.717) is 22.5 Å². The third-order valence-corrected chi connectivity index (χ3v) is 6.75. The maximum absolute atomic E-state index is 12.1. The zero-order chi connectivity index (χ0) is 28.5. The van der Waals surface area contributed by atoms with E-state index in [1.807, 2.05) is 20.7 Å². The molecule has 210 valence electrons. The number of carbonyl (C=O) groups excluding carboxylic acids is 2. The molecule has 0 saturated carbocycles. The molecule has 2 amide bonds. The quantitative estimate of drug-likeness (QED) is 0.218. The normalized spacial score (nSPS) is 15.8. The van der Waals surface area contributed by atoms with Crippen molar-refractivity contribution in [3.63, 3.8) is 0 Å². The molecule has 0 radical (unpaired) electrons. The van der Waals surface area contributed by atoms with Gasteiger partial charge in [-0.05, 0) is 50.7 Å². The fourth-order valence-corrected chi connectivity index (χ4v) is 4.77. The van der Waals surface area contributed by atoms with Gasteiger partial charge in [0.15, 0.2) is 0 Å². The molecule has 14 heteroatoms. The molecule has 2 heterocycles. The molecule has 0 unspecified atom stereocenters. The highest BCUT2D eigenvalue weighted by Gasteiger charge is 2.23. The van der Waals surface area contributed by atoms with Crippen LogP contribution in [0, 0.1) is 20.2 Å². The lowest BCUT2D eigenvalue weighted by Crippen LogP contribution is -2.35. The molecule has 2 aromatic rings. The van der Waals surface area contributed by atoms with Crippen molar-refractivity contribution < 1.29 is 19.4 Å². The number of nitro groups is 2. The van der Waals surface area contributed by atoms with Gasteiger partial charge < -0.3 is 9.80 Å². The van der Waals surface area contributed by atoms with Crippen LogP contribution in [0.15, 0.2) is 46.6 Å². The highest BCUT2D eigenvalue weighted by atomic mass is 16.6. The van der Waals surface area contributed by atoms with Crippen molar-refractivity contribution in [2.75, 3.05) is 36.0 Å². The number of piperidine rings is 2. The van der Waals surface area contributed by atoms with Gasteiger partial charge in [0.1, 0.15) is 11.4 Å². The minimum Gasteiger partial charge on any atom is -0.366 e. The minimum atomic E-state index is -1.11. The van der Waals surface area contributed by atoms with Gasteiger partial charge in [0.05, 0.1) is 22.3 Å². The Morgan fingerprint density at radius 2 is 1.05 bits per heavy atom. The maximum atomic E-state index is 12.1. The Kier molecular flexibility index (Phi) is 9.33. The topological polar surface area (TPSA) is 176 Å². The van der Waals surface area contributed by atoms with E-state index in [1.54, 1.807) is 24.3 Å². The summed E-state index contributed by atoms with van der Waals surface area (Å²) >= 11 is 0. The van der Waals surface area contributed by atoms with Gasteiger partial charge in [0.25, 0.3) is 11.4 Å². The molecule has 2 aromatic carbocycles. The second kappa shape index (κ2) is 13.3. The van der Waals surface area contributed by atoms with Crippen LogP contribution < -0.4 is 20.7 Å². The van der Waals surface area contributed by atoms with Crippen LogP contribution >= 0.6 is 0 Å². The summed E-state index contributed by atoms with van der Waals surface area (Å²) in [6.07, 6.45) is 8.50. The van der Waals surface area contributed by atoms with Crippen LogP contribution in [0.4, 0.5) is 22.7 Å². The average molecular weight is 551 g/mol. The SMILES string of the molecule is O=C(NN=Cc1ccc(N2CCCCC2)c([N+](=O)[O-])c1)C(=O)N/N=C/c1ccc(N2CCCCC2)c([N+](=O)[O-])c1. The van der Waals surface area contributed by atoms with E-state index in [4.69, 9.17) is 0 Å². The Morgan fingerprint density at radius 1 is 0.675 bits per heavy atom. The molecular formula is C26H30N8O6. The molecular weight excluding hydrogens is 520 g/mol. The van der Waals surface area contributed by atoms with Crippen molar-refractivity contribution in [2.45, 2.75) is 38.5 Å². The molecule has 2 fully saturated rings. The van der Waals surface area contributed by atoms with Crippen LogP contribution in [0.3, 0.4) is 0 Å². The van der Waals surface area contributed by atoms with E-state index in [0.717, 1.165) is 64.7 Å². The van der Waals surface area contributed by atoms with E-state index in [-0.39, 0.29) is 11.4 Å².